The summed E-state index contributed by atoms with van der Waals surface area (Å²) in [6.07, 6.45) is 0. The van der Waals surface area contributed by atoms with Crippen LogP contribution in [0.1, 0.15) is 13.8 Å². The van der Waals surface area contributed by atoms with Gasteiger partial charge < -0.3 is 14.9 Å². The van der Waals surface area contributed by atoms with E-state index in [0.717, 1.165) is 9.86 Å². The van der Waals surface area contributed by atoms with Crippen LogP contribution in [-0.4, -0.2) is 21.8 Å². The van der Waals surface area contributed by atoms with Crippen molar-refractivity contribution in [3.05, 3.63) is 34.8 Å². The lowest BCUT2D eigenvalue weighted by Gasteiger charge is -2.22. The molecule has 5 heteroatoms. The van der Waals surface area contributed by atoms with Crippen LogP contribution in [0.2, 0.25) is 0 Å². The third-order valence-corrected chi connectivity index (χ3v) is 3.47. The van der Waals surface area contributed by atoms with Gasteiger partial charge in [-0.25, -0.2) is 4.79 Å². The Morgan fingerprint density at radius 2 is 1.84 bits per heavy atom. The summed E-state index contributed by atoms with van der Waals surface area (Å²) in [5, 5.41) is 20.7. The SMILES string of the molecule is CC(C)(Oc1cc(Br)c2ccccc2c1O)C(=O)O. The van der Waals surface area contributed by atoms with E-state index >= 15 is 0 Å². The van der Waals surface area contributed by atoms with Crippen molar-refractivity contribution in [2.24, 2.45) is 0 Å². The molecule has 0 aliphatic heterocycles. The average Bonchev–Trinajstić information content (AvgIpc) is 2.35. The number of fused-ring (bicyclic) bond motifs is 1. The molecule has 2 aromatic carbocycles. The molecule has 4 nitrogen and oxygen atoms in total. The van der Waals surface area contributed by atoms with Crippen LogP contribution in [0, 0.1) is 0 Å². The van der Waals surface area contributed by atoms with Gasteiger partial charge in [0.05, 0.1) is 0 Å². The highest BCUT2D eigenvalue weighted by Gasteiger charge is 2.30. The average molecular weight is 325 g/mol. The zero-order valence-corrected chi connectivity index (χ0v) is 12.1. The minimum absolute atomic E-state index is 0.0619. The second-order valence-corrected chi connectivity index (χ2v) is 5.52. The Hall–Kier alpha value is -1.75. The number of phenols is 1. The van der Waals surface area contributed by atoms with Gasteiger partial charge in [0.2, 0.25) is 0 Å². The van der Waals surface area contributed by atoms with Gasteiger partial charge in [0, 0.05) is 9.86 Å². The molecule has 100 valence electrons. The number of carboxylic acids is 1. The van der Waals surface area contributed by atoms with Crippen molar-refractivity contribution >= 4 is 32.7 Å². The van der Waals surface area contributed by atoms with Crippen LogP contribution in [-0.2, 0) is 4.79 Å². The van der Waals surface area contributed by atoms with E-state index in [0.29, 0.717) is 5.39 Å². The number of aliphatic carboxylic acids is 1. The molecule has 0 unspecified atom stereocenters. The lowest BCUT2D eigenvalue weighted by Crippen LogP contribution is -2.37. The molecule has 0 amide bonds. The lowest BCUT2D eigenvalue weighted by atomic mass is 10.1. The van der Waals surface area contributed by atoms with E-state index in [1.165, 1.54) is 13.8 Å². The van der Waals surface area contributed by atoms with Crippen molar-refractivity contribution in [2.45, 2.75) is 19.4 Å². The van der Waals surface area contributed by atoms with Crippen LogP contribution in [0.4, 0.5) is 0 Å². The van der Waals surface area contributed by atoms with Gasteiger partial charge >= 0.3 is 5.97 Å². The second-order valence-electron chi connectivity index (χ2n) is 4.67. The summed E-state index contributed by atoms with van der Waals surface area (Å²) in [6, 6.07) is 8.82. The van der Waals surface area contributed by atoms with Crippen molar-refractivity contribution in [1.82, 2.24) is 0 Å². The second kappa shape index (κ2) is 4.74. The maximum atomic E-state index is 11.1. The first-order valence-corrected chi connectivity index (χ1v) is 6.45. The Labute approximate surface area is 118 Å². The molecule has 0 bridgehead atoms. The molecule has 0 aliphatic carbocycles. The van der Waals surface area contributed by atoms with Crippen LogP contribution < -0.4 is 4.74 Å². The summed E-state index contributed by atoms with van der Waals surface area (Å²) in [6.45, 7) is 2.86. The number of hydrogen-bond acceptors (Lipinski definition) is 3. The van der Waals surface area contributed by atoms with Gasteiger partial charge in [0.1, 0.15) is 0 Å². The fourth-order valence-electron chi connectivity index (χ4n) is 1.69. The van der Waals surface area contributed by atoms with E-state index in [2.05, 4.69) is 15.9 Å². The first-order chi connectivity index (χ1) is 8.83. The molecular formula is C14H13BrO4. The van der Waals surface area contributed by atoms with Gasteiger partial charge in [-0.15, -0.1) is 0 Å². The molecule has 0 radical (unpaired) electrons. The fraction of sp³-hybridized carbons (Fsp3) is 0.214. The molecule has 2 aromatic rings. The minimum atomic E-state index is -1.42. The van der Waals surface area contributed by atoms with Crippen LogP contribution in [0.25, 0.3) is 10.8 Å². The first-order valence-electron chi connectivity index (χ1n) is 5.65. The molecule has 2 N–H and O–H groups in total. The largest absolute Gasteiger partial charge is 0.504 e. The van der Waals surface area contributed by atoms with Gasteiger partial charge in [-0.3, -0.25) is 0 Å². The molecule has 2 rings (SSSR count). The number of carboxylic acid groups (broad SMARTS) is 1. The van der Waals surface area contributed by atoms with Crippen molar-refractivity contribution in [3.63, 3.8) is 0 Å². The fourth-order valence-corrected chi connectivity index (χ4v) is 2.24. The Morgan fingerprint density at radius 1 is 1.26 bits per heavy atom. The third kappa shape index (κ3) is 2.51. The summed E-state index contributed by atoms with van der Waals surface area (Å²) in [4.78, 5) is 11.1. The van der Waals surface area contributed by atoms with Crippen molar-refractivity contribution in [1.29, 1.82) is 0 Å². The van der Waals surface area contributed by atoms with E-state index in [-0.39, 0.29) is 11.5 Å². The number of phenolic OH excluding ortho intramolecular Hbond substituents is 1. The maximum Gasteiger partial charge on any atom is 0.347 e. The standard InChI is InChI=1S/C14H13BrO4/c1-14(2,13(17)18)19-11-7-10(15)8-5-3-4-6-9(8)12(11)16/h3-7,16H,1-2H3,(H,17,18). The van der Waals surface area contributed by atoms with Crippen molar-refractivity contribution < 1.29 is 19.7 Å². The molecule has 0 fully saturated rings. The maximum absolute atomic E-state index is 11.1. The van der Waals surface area contributed by atoms with Crippen LogP contribution in [0.5, 0.6) is 11.5 Å². The number of ether oxygens (including phenoxy) is 1. The molecule has 0 aromatic heterocycles. The molecule has 0 atom stereocenters. The van der Waals surface area contributed by atoms with Crippen molar-refractivity contribution in [2.75, 3.05) is 0 Å². The van der Waals surface area contributed by atoms with E-state index in [4.69, 9.17) is 9.84 Å². The molecule has 0 saturated carbocycles. The Morgan fingerprint density at radius 3 is 2.42 bits per heavy atom. The number of aromatic hydroxyl groups is 1. The number of benzene rings is 2. The highest BCUT2D eigenvalue weighted by molar-refractivity contribution is 9.10. The Bertz CT molecular complexity index is 649. The normalized spacial score (nSPS) is 11.5. The van der Waals surface area contributed by atoms with E-state index in [1.54, 1.807) is 18.2 Å². The zero-order chi connectivity index (χ0) is 14.2. The van der Waals surface area contributed by atoms with Gasteiger partial charge in [-0.05, 0) is 25.3 Å². The monoisotopic (exact) mass is 324 g/mol. The van der Waals surface area contributed by atoms with Gasteiger partial charge in [0.25, 0.3) is 0 Å². The zero-order valence-electron chi connectivity index (χ0n) is 10.5. The van der Waals surface area contributed by atoms with Crippen LogP contribution in [0.3, 0.4) is 0 Å². The summed E-state index contributed by atoms with van der Waals surface area (Å²) >= 11 is 3.39. The summed E-state index contributed by atoms with van der Waals surface area (Å²) < 4.78 is 6.14. The highest BCUT2D eigenvalue weighted by atomic mass is 79.9. The molecule has 19 heavy (non-hydrogen) atoms. The van der Waals surface area contributed by atoms with Gasteiger partial charge in [-0.1, -0.05) is 40.2 Å². The lowest BCUT2D eigenvalue weighted by molar-refractivity contribution is -0.152. The van der Waals surface area contributed by atoms with E-state index < -0.39 is 11.6 Å². The summed E-state index contributed by atoms with van der Waals surface area (Å²) in [7, 11) is 0. The van der Waals surface area contributed by atoms with E-state index in [9.17, 15) is 9.90 Å². The number of carbonyl (C=O) groups is 1. The first kappa shape index (κ1) is 13.7. The number of halogens is 1. The van der Waals surface area contributed by atoms with Crippen LogP contribution >= 0.6 is 15.9 Å². The quantitative estimate of drug-likeness (QED) is 0.906. The Balaban J connectivity index is 2.57. The minimum Gasteiger partial charge on any atom is -0.504 e. The third-order valence-electron chi connectivity index (χ3n) is 2.81. The molecule has 0 heterocycles. The number of hydrogen-bond donors (Lipinski definition) is 2. The van der Waals surface area contributed by atoms with Gasteiger partial charge in [0.15, 0.2) is 17.1 Å². The summed E-state index contributed by atoms with van der Waals surface area (Å²) in [5.74, 6) is -1.03. The van der Waals surface area contributed by atoms with Crippen molar-refractivity contribution in [3.8, 4) is 11.5 Å². The van der Waals surface area contributed by atoms with Gasteiger partial charge in [-0.2, -0.15) is 0 Å². The smallest absolute Gasteiger partial charge is 0.347 e. The molecular weight excluding hydrogens is 312 g/mol. The molecule has 0 aliphatic rings. The Kier molecular flexibility index (Phi) is 3.41. The molecule has 0 spiro atoms. The molecule has 0 saturated heterocycles. The number of rotatable bonds is 3. The summed E-state index contributed by atoms with van der Waals surface area (Å²) in [5.41, 5.74) is -1.42. The topological polar surface area (TPSA) is 66.8 Å². The predicted molar refractivity (Wildman–Crippen MR) is 75.7 cm³/mol. The van der Waals surface area contributed by atoms with Crippen LogP contribution in [0.15, 0.2) is 34.8 Å². The predicted octanol–water partition coefficient (Wildman–Crippen LogP) is 3.55. The highest BCUT2D eigenvalue weighted by Crippen LogP contribution is 2.40. The van der Waals surface area contributed by atoms with E-state index in [1.807, 2.05) is 12.1 Å².